The van der Waals surface area contributed by atoms with Gasteiger partial charge in [0.15, 0.2) is 6.04 Å². The third-order valence-corrected chi connectivity index (χ3v) is 4.96. The van der Waals surface area contributed by atoms with E-state index in [0.29, 0.717) is 13.2 Å². The van der Waals surface area contributed by atoms with Gasteiger partial charge in [0.2, 0.25) is 0 Å². The molecule has 0 bridgehead atoms. The summed E-state index contributed by atoms with van der Waals surface area (Å²) in [5.74, 6) is 0. The molecule has 2 fully saturated rings. The molecule has 6 heteroatoms. The zero-order chi connectivity index (χ0) is 18.6. The van der Waals surface area contributed by atoms with Crippen molar-refractivity contribution in [2.45, 2.75) is 37.5 Å². The van der Waals surface area contributed by atoms with E-state index >= 15 is 0 Å². The van der Waals surface area contributed by atoms with Crippen molar-refractivity contribution in [2.75, 3.05) is 6.61 Å². The molecule has 0 N–H and O–H groups in total. The summed E-state index contributed by atoms with van der Waals surface area (Å²) in [5, 5.41) is 9.67. The van der Waals surface area contributed by atoms with Crippen LogP contribution in [0.25, 0.3) is 0 Å². The second kappa shape index (κ2) is 7.78. The van der Waals surface area contributed by atoms with Crippen molar-refractivity contribution in [1.29, 1.82) is 5.26 Å². The summed E-state index contributed by atoms with van der Waals surface area (Å²) in [6.07, 6.45) is -1.44. The van der Waals surface area contributed by atoms with Crippen LogP contribution in [0.1, 0.15) is 11.1 Å². The Balaban J connectivity index is 1.52. The SMILES string of the molecule is N#C[C@H]1[C@H](OCc2ccccc2)[C@H](OCc2ccccc2)[C@@H]2COC(=O)N12. The number of nitrogens with zero attached hydrogens (tertiary/aromatic N) is 2. The molecule has 2 aliphatic heterocycles. The van der Waals surface area contributed by atoms with Crippen LogP contribution in [-0.2, 0) is 27.4 Å². The molecule has 4 atom stereocenters. The maximum absolute atomic E-state index is 12.1. The molecule has 6 nitrogen and oxygen atoms in total. The molecule has 4 rings (SSSR count). The average molecular weight is 364 g/mol. The summed E-state index contributed by atoms with van der Waals surface area (Å²) in [6, 6.07) is 20.7. The summed E-state index contributed by atoms with van der Waals surface area (Å²) in [5.41, 5.74) is 2.03. The fourth-order valence-corrected chi connectivity index (χ4v) is 3.64. The summed E-state index contributed by atoms with van der Waals surface area (Å²) >= 11 is 0. The molecule has 0 unspecified atom stereocenters. The van der Waals surface area contributed by atoms with Gasteiger partial charge in [-0.05, 0) is 11.1 Å². The highest BCUT2D eigenvalue weighted by molar-refractivity contribution is 5.72. The van der Waals surface area contributed by atoms with Crippen LogP contribution in [0.3, 0.4) is 0 Å². The molecule has 2 heterocycles. The number of ether oxygens (including phenoxy) is 3. The van der Waals surface area contributed by atoms with Gasteiger partial charge in [-0.2, -0.15) is 5.26 Å². The first kappa shape index (κ1) is 17.5. The van der Waals surface area contributed by atoms with Gasteiger partial charge in [-0.25, -0.2) is 4.79 Å². The van der Waals surface area contributed by atoms with Gasteiger partial charge >= 0.3 is 6.09 Å². The number of amides is 1. The minimum atomic E-state index is -0.727. The lowest BCUT2D eigenvalue weighted by atomic mass is 10.1. The number of carbonyl (C=O) groups excluding carboxylic acids is 1. The van der Waals surface area contributed by atoms with E-state index in [0.717, 1.165) is 11.1 Å². The number of hydrogen-bond acceptors (Lipinski definition) is 5. The lowest BCUT2D eigenvalue weighted by molar-refractivity contribution is -0.0780. The maximum Gasteiger partial charge on any atom is 0.411 e. The summed E-state index contributed by atoms with van der Waals surface area (Å²) in [6.45, 7) is 0.944. The van der Waals surface area contributed by atoms with E-state index in [9.17, 15) is 10.1 Å². The van der Waals surface area contributed by atoms with Crippen molar-refractivity contribution in [3.8, 4) is 6.07 Å². The van der Waals surface area contributed by atoms with E-state index < -0.39 is 24.3 Å². The summed E-state index contributed by atoms with van der Waals surface area (Å²) in [7, 11) is 0. The number of carbonyl (C=O) groups is 1. The van der Waals surface area contributed by atoms with Crippen molar-refractivity contribution in [1.82, 2.24) is 4.90 Å². The third kappa shape index (κ3) is 3.52. The second-order valence-corrected chi connectivity index (χ2v) is 6.65. The molecule has 27 heavy (non-hydrogen) atoms. The molecule has 0 saturated carbocycles. The van der Waals surface area contributed by atoms with Crippen LogP contribution in [0.2, 0.25) is 0 Å². The second-order valence-electron chi connectivity index (χ2n) is 6.65. The van der Waals surface area contributed by atoms with Crippen LogP contribution in [0.15, 0.2) is 60.7 Å². The van der Waals surface area contributed by atoms with E-state index in [1.54, 1.807) is 0 Å². The number of nitriles is 1. The van der Waals surface area contributed by atoms with Gasteiger partial charge < -0.3 is 14.2 Å². The number of rotatable bonds is 6. The highest BCUT2D eigenvalue weighted by Gasteiger charge is 2.57. The average Bonchev–Trinajstić information content (AvgIpc) is 3.23. The molecular weight excluding hydrogens is 344 g/mol. The molecule has 0 aromatic heterocycles. The van der Waals surface area contributed by atoms with E-state index in [1.165, 1.54) is 4.90 Å². The van der Waals surface area contributed by atoms with Gasteiger partial charge in [-0.3, -0.25) is 4.90 Å². The van der Waals surface area contributed by atoms with Crippen LogP contribution in [0.4, 0.5) is 4.79 Å². The Hall–Kier alpha value is -2.88. The van der Waals surface area contributed by atoms with Crippen LogP contribution in [0.5, 0.6) is 0 Å². The Kier molecular flexibility index (Phi) is 5.05. The molecule has 0 spiro atoms. The lowest BCUT2D eigenvalue weighted by Gasteiger charge is -2.24. The van der Waals surface area contributed by atoms with Crippen molar-refractivity contribution in [2.24, 2.45) is 0 Å². The minimum absolute atomic E-state index is 0.210. The Morgan fingerprint density at radius 3 is 2.07 bits per heavy atom. The first-order chi connectivity index (χ1) is 13.3. The Labute approximate surface area is 157 Å². The first-order valence-electron chi connectivity index (χ1n) is 8.93. The van der Waals surface area contributed by atoms with Crippen molar-refractivity contribution < 1.29 is 19.0 Å². The Morgan fingerprint density at radius 1 is 0.963 bits per heavy atom. The number of hydrogen-bond donors (Lipinski definition) is 0. The molecule has 1 amide bonds. The Morgan fingerprint density at radius 2 is 1.52 bits per heavy atom. The largest absolute Gasteiger partial charge is 0.447 e. The maximum atomic E-state index is 12.1. The normalized spacial score (nSPS) is 26.5. The van der Waals surface area contributed by atoms with Crippen LogP contribution in [0, 0.1) is 11.3 Å². The first-order valence-corrected chi connectivity index (χ1v) is 8.93. The number of cyclic esters (lactones) is 1. The smallest absolute Gasteiger partial charge is 0.411 e. The van der Waals surface area contributed by atoms with Crippen LogP contribution in [-0.4, -0.2) is 41.9 Å². The molecule has 2 aromatic rings. The van der Waals surface area contributed by atoms with Crippen molar-refractivity contribution in [3.05, 3.63) is 71.8 Å². The van der Waals surface area contributed by atoms with E-state index in [1.807, 2.05) is 60.7 Å². The lowest BCUT2D eigenvalue weighted by Crippen LogP contribution is -2.39. The van der Waals surface area contributed by atoms with Crippen LogP contribution >= 0.6 is 0 Å². The topological polar surface area (TPSA) is 71.8 Å². The quantitative estimate of drug-likeness (QED) is 0.788. The number of fused-ring (bicyclic) bond motifs is 1. The van der Waals surface area contributed by atoms with Gasteiger partial charge in [-0.15, -0.1) is 0 Å². The number of benzene rings is 2. The predicted octanol–water partition coefficient (Wildman–Crippen LogP) is 2.88. The van der Waals surface area contributed by atoms with Gasteiger partial charge in [0, 0.05) is 0 Å². The van der Waals surface area contributed by atoms with Gasteiger partial charge in [0.05, 0.1) is 25.3 Å². The van der Waals surface area contributed by atoms with Crippen molar-refractivity contribution >= 4 is 6.09 Å². The molecule has 2 saturated heterocycles. The predicted molar refractivity (Wildman–Crippen MR) is 96.4 cm³/mol. The van der Waals surface area contributed by atoms with E-state index in [-0.39, 0.29) is 12.6 Å². The highest BCUT2D eigenvalue weighted by Crippen LogP contribution is 2.35. The molecule has 0 aliphatic carbocycles. The molecular formula is C21H20N2O4. The highest BCUT2D eigenvalue weighted by atomic mass is 16.6. The van der Waals surface area contributed by atoms with Gasteiger partial charge in [0.1, 0.15) is 18.8 Å². The van der Waals surface area contributed by atoms with Gasteiger partial charge in [0.25, 0.3) is 0 Å². The van der Waals surface area contributed by atoms with E-state index in [2.05, 4.69) is 6.07 Å². The standard InChI is InChI=1S/C21H20N2O4/c22-11-17-19(25-12-15-7-3-1-4-8-15)20(18-14-27-21(24)23(17)18)26-13-16-9-5-2-6-10-16/h1-10,17-20H,12-14H2/t17-,18-,19-,20+/m0/s1. The zero-order valence-electron chi connectivity index (χ0n) is 14.7. The monoisotopic (exact) mass is 364 g/mol. The van der Waals surface area contributed by atoms with Gasteiger partial charge in [-0.1, -0.05) is 60.7 Å². The molecule has 138 valence electrons. The molecule has 0 radical (unpaired) electrons. The summed E-state index contributed by atoms with van der Waals surface area (Å²) in [4.78, 5) is 13.6. The van der Waals surface area contributed by atoms with Crippen molar-refractivity contribution in [3.63, 3.8) is 0 Å². The molecule has 2 aromatic carbocycles. The third-order valence-electron chi connectivity index (χ3n) is 4.96. The Bertz CT molecular complexity index is 821. The summed E-state index contributed by atoms with van der Waals surface area (Å²) < 4.78 is 17.4. The minimum Gasteiger partial charge on any atom is -0.447 e. The fourth-order valence-electron chi connectivity index (χ4n) is 3.64. The molecule has 2 aliphatic rings. The fraction of sp³-hybridized carbons (Fsp3) is 0.333. The van der Waals surface area contributed by atoms with Crippen LogP contribution < -0.4 is 0 Å². The zero-order valence-corrected chi connectivity index (χ0v) is 14.7. The van der Waals surface area contributed by atoms with E-state index in [4.69, 9.17) is 14.2 Å².